The van der Waals surface area contributed by atoms with Crippen molar-refractivity contribution in [3.8, 4) is 0 Å². The molecule has 7 unspecified atom stereocenters. The number of aliphatic hydroxyl groups is 5. The lowest BCUT2D eigenvalue weighted by Crippen LogP contribution is -2.60. The van der Waals surface area contributed by atoms with Gasteiger partial charge >= 0.3 is 0 Å². The van der Waals surface area contributed by atoms with Crippen molar-refractivity contribution in [1.82, 2.24) is 5.32 Å². The second-order valence-corrected chi connectivity index (χ2v) is 21.5. The summed E-state index contributed by atoms with van der Waals surface area (Å²) in [6, 6.07) is -0.825. The van der Waals surface area contributed by atoms with Crippen LogP contribution in [-0.2, 0) is 14.3 Å². The number of amides is 1. The second-order valence-electron chi connectivity index (χ2n) is 21.5. The molecule has 0 radical (unpaired) electrons. The van der Waals surface area contributed by atoms with Crippen LogP contribution in [0, 0.1) is 0 Å². The van der Waals surface area contributed by atoms with E-state index in [1.165, 1.54) is 225 Å². The predicted octanol–water partition coefficient (Wildman–Crippen LogP) is 15.7. The molecule has 1 fully saturated rings. The van der Waals surface area contributed by atoms with Crippen LogP contribution < -0.4 is 5.32 Å². The van der Waals surface area contributed by atoms with Crippen LogP contribution in [0.5, 0.6) is 0 Å². The largest absolute Gasteiger partial charge is 0.394 e. The fourth-order valence-corrected chi connectivity index (χ4v) is 9.73. The van der Waals surface area contributed by atoms with Crippen molar-refractivity contribution in [2.45, 2.75) is 333 Å². The molecule has 0 aliphatic carbocycles. The van der Waals surface area contributed by atoms with Gasteiger partial charge < -0.3 is 40.3 Å². The van der Waals surface area contributed by atoms with Gasteiger partial charge in [0, 0.05) is 6.42 Å². The van der Waals surface area contributed by atoms with E-state index in [9.17, 15) is 30.3 Å². The number of hydrogen-bond acceptors (Lipinski definition) is 8. The third-order valence-corrected chi connectivity index (χ3v) is 14.6. The van der Waals surface area contributed by atoms with Crippen molar-refractivity contribution < 1.29 is 39.8 Å². The Labute approximate surface area is 444 Å². The van der Waals surface area contributed by atoms with Crippen LogP contribution in [0.2, 0.25) is 0 Å². The zero-order valence-electron chi connectivity index (χ0n) is 46.9. The Balaban J connectivity index is 2.22. The predicted molar refractivity (Wildman–Crippen MR) is 304 cm³/mol. The van der Waals surface area contributed by atoms with Crippen LogP contribution in [0.1, 0.15) is 290 Å². The van der Waals surface area contributed by atoms with E-state index in [0.717, 1.165) is 44.9 Å². The average molecular weight is 1020 g/mol. The first-order chi connectivity index (χ1) is 35.3. The fourth-order valence-electron chi connectivity index (χ4n) is 9.73. The first-order valence-electron chi connectivity index (χ1n) is 30.9. The van der Waals surface area contributed by atoms with Gasteiger partial charge in [0.05, 0.1) is 25.4 Å². The molecular weight excluding hydrogens is 899 g/mol. The number of ether oxygens (including phenoxy) is 2. The van der Waals surface area contributed by atoms with Gasteiger partial charge in [-0.1, -0.05) is 268 Å². The molecule has 9 nitrogen and oxygen atoms in total. The molecule has 1 aliphatic rings. The van der Waals surface area contributed by atoms with Crippen molar-refractivity contribution in [3.63, 3.8) is 0 Å². The molecular formula is C63H117NO8. The van der Waals surface area contributed by atoms with E-state index in [0.29, 0.717) is 6.42 Å². The second kappa shape index (κ2) is 52.6. The maximum Gasteiger partial charge on any atom is 0.220 e. The van der Waals surface area contributed by atoms with Crippen molar-refractivity contribution in [1.29, 1.82) is 0 Å². The van der Waals surface area contributed by atoms with Crippen molar-refractivity contribution in [2.24, 2.45) is 0 Å². The van der Waals surface area contributed by atoms with Gasteiger partial charge in [0.2, 0.25) is 5.91 Å². The van der Waals surface area contributed by atoms with E-state index in [4.69, 9.17) is 9.47 Å². The Kier molecular flexibility index (Phi) is 49.8. The summed E-state index contributed by atoms with van der Waals surface area (Å²) < 4.78 is 11.3. The van der Waals surface area contributed by atoms with Crippen LogP contribution in [0.15, 0.2) is 48.6 Å². The molecule has 0 bridgehead atoms. The molecule has 1 saturated heterocycles. The molecule has 72 heavy (non-hydrogen) atoms. The average Bonchev–Trinajstić information content (AvgIpc) is 3.38. The molecule has 422 valence electrons. The summed E-state index contributed by atoms with van der Waals surface area (Å²) in [6.07, 6.45) is 63.3. The van der Waals surface area contributed by atoms with Crippen LogP contribution >= 0.6 is 0 Å². The molecule has 0 aromatic heterocycles. The Morgan fingerprint density at radius 1 is 0.472 bits per heavy atom. The third kappa shape index (κ3) is 41.4. The summed E-state index contributed by atoms with van der Waals surface area (Å²) in [5, 5.41) is 54.6. The summed E-state index contributed by atoms with van der Waals surface area (Å²) in [7, 11) is 0. The van der Waals surface area contributed by atoms with Crippen molar-refractivity contribution in [2.75, 3.05) is 13.2 Å². The molecule has 1 aliphatic heterocycles. The van der Waals surface area contributed by atoms with Crippen LogP contribution in [0.4, 0.5) is 0 Å². The van der Waals surface area contributed by atoms with Crippen LogP contribution in [0.3, 0.4) is 0 Å². The zero-order chi connectivity index (χ0) is 52.2. The molecule has 0 aromatic rings. The number of unbranched alkanes of at least 4 members (excludes halogenated alkanes) is 37. The first-order valence-corrected chi connectivity index (χ1v) is 30.9. The lowest BCUT2D eigenvalue weighted by atomic mass is 9.99. The quantitative estimate of drug-likeness (QED) is 0.0261. The molecule has 0 saturated carbocycles. The van der Waals surface area contributed by atoms with Gasteiger partial charge in [0.1, 0.15) is 24.4 Å². The van der Waals surface area contributed by atoms with Crippen LogP contribution in [-0.4, -0.2) is 87.5 Å². The van der Waals surface area contributed by atoms with Crippen molar-refractivity contribution >= 4 is 5.91 Å². The Morgan fingerprint density at radius 3 is 1.25 bits per heavy atom. The Morgan fingerprint density at radius 2 is 0.833 bits per heavy atom. The smallest absolute Gasteiger partial charge is 0.220 e. The maximum atomic E-state index is 13.1. The highest BCUT2D eigenvalue weighted by Crippen LogP contribution is 2.23. The van der Waals surface area contributed by atoms with E-state index in [2.05, 4.69) is 55.6 Å². The van der Waals surface area contributed by atoms with Gasteiger partial charge in [0.25, 0.3) is 0 Å². The summed E-state index contributed by atoms with van der Waals surface area (Å²) in [5.41, 5.74) is 0. The molecule has 1 heterocycles. The molecule has 9 heteroatoms. The lowest BCUT2D eigenvalue weighted by Gasteiger charge is -2.40. The minimum absolute atomic E-state index is 0.186. The summed E-state index contributed by atoms with van der Waals surface area (Å²) >= 11 is 0. The number of carbonyl (C=O) groups is 1. The molecule has 0 spiro atoms. The lowest BCUT2D eigenvalue weighted by molar-refractivity contribution is -0.302. The standard InChI is InChI=1S/C63H117NO8/c1-3-5-7-9-11-13-15-17-19-21-23-25-27-28-29-31-32-34-36-38-40-42-44-46-48-50-52-57(66)56(55-71-63-62(70)61(69)60(68)58(54-65)72-63)64-59(67)53-51-49-47-45-43-41-39-37-35-33-30-26-24-22-20-18-16-14-12-10-8-6-4-2/h16,18,22,24,42,44,50,52,56-58,60-63,65-66,68-70H,3-15,17,19-21,23,25-41,43,45-49,51,53-55H2,1-2H3,(H,64,67)/b18-16-,24-22-,44-42+,52-50+. The normalized spacial score (nSPS) is 19.5. The maximum absolute atomic E-state index is 13.1. The highest BCUT2D eigenvalue weighted by molar-refractivity contribution is 5.76. The number of allylic oxidation sites excluding steroid dienone is 7. The van der Waals surface area contributed by atoms with E-state index in [1.807, 2.05) is 6.08 Å². The molecule has 6 N–H and O–H groups in total. The van der Waals surface area contributed by atoms with Crippen LogP contribution in [0.25, 0.3) is 0 Å². The minimum Gasteiger partial charge on any atom is -0.394 e. The molecule has 7 atom stereocenters. The Bertz CT molecular complexity index is 1270. The fraction of sp³-hybridized carbons (Fsp3) is 0.857. The van der Waals surface area contributed by atoms with Gasteiger partial charge in [0.15, 0.2) is 6.29 Å². The Hall–Kier alpha value is -1.85. The number of hydrogen-bond donors (Lipinski definition) is 6. The summed E-state index contributed by atoms with van der Waals surface area (Å²) in [4.78, 5) is 13.1. The summed E-state index contributed by atoms with van der Waals surface area (Å²) in [6.45, 7) is 3.78. The SMILES string of the molecule is CCCCCCC/C=C\C/C=C\CCCCCCCCCCCCCC(=O)NC(COC1OC(CO)C(O)C(O)C1O)C(O)/C=C/CC/C=C/CCCCCCCCCCCCCCCCCCCCCC. The first kappa shape index (κ1) is 68.2. The van der Waals surface area contributed by atoms with E-state index >= 15 is 0 Å². The van der Waals surface area contributed by atoms with E-state index < -0.39 is 49.5 Å². The number of aliphatic hydroxyl groups excluding tert-OH is 5. The highest BCUT2D eigenvalue weighted by Gasteiger charge is 2.44. The van der Waals surface area contributed by atoms with Gasteiger partial charge in [-0.3, -0.25) is 4.79 Å². The van der Waals surface area contributed by atoms with Gasteiger partial charge in [-0.15, -0.1) is 0 Å². The highest BCUT2D eigenvalue weighted by atomic mass is 16.7. The zero-order valence-corrected chi connectivity index (χ0v) is 46.9. The third-order valence-electron chi connectivity index (χ3n) is 14.6. The van der Waals surface area contributed by atoms with Gasteiger partial charge in [-0.05, 0) is 64.2 Å². The van der Waals surface area contributed by atoms with Crippen molar-refractivity contribution in [3.05, 3.63) is 48.6 Å². The molecule has 0 aromatic carbocycles. The minimum atomic E-state index is -1.57. The number of nitrogens with one attached hydrogen (secondary N) is 1. The van der Waals surface area contributed by atoms with Gasteiger partial charge in [-0.25, -0.2) is 0 Å². The monoisotopic (exact) mass is 1020 g/mol. The summed E-state index contributed by atoms with van der Waals surface area (Å²) in [5.74, 6) is -0.186. The van der Waals surface area contributed by atoms with E-state index in [-0.39, 0.29) is 12.5 Å². The molecule has 1 rings (SSSR count). The van der Waals surface area contributed by atoms with Gasteiger partial charge in [-0.2, -0.15) is 0 Å². The topological polar surface area (TPSA) is 149 Å². The van der Waals surface area contributed by atoms with E-state index in [1.54, 1.807) is 6.08 Å². The number of carbonyl (C=O) groups excluding carboxylic acids is 1. The molecule has 1 amide bonds. The number of rotatable bonds is 53.